The van der Waals surface area contributed by atoms with E-state index in [0.29, 0.717) is 6.42 Å². The molecule has 0 bridgehead atoms. The summed E-state index contributed by atoms with van der Waals surface area (Å²) in [7, 11) is 1.68. The zero-order valence-corrected chi connectivity index (χ0v) is 12.9. The first-order valence-corrected chi connectivity index (χ1v) is 7.47. The first-order valence-electron chi connectivity index (χ1n) is 7.47. The molecule has 1 N–H and O–H groups in total. The minimum absolute atomic E-state index is 0.655. The van der Waals surface area contributed by atoms with Crippen molar-refractivity contribution in [1.82, 2.24) is 0 Å². The fourth-order valence-corrected chi connectivity index (χ4v) is 3.37. The van der Waals surface area contributed by atoms with Gasteiger partial charge in [-0.2, -0.15) is 0 Å². The van der Waals surface area contributed by atoms with Crippen molar-refractivity contribution in [3.63, 3.8) is 0 Å². The molecule has 0 saturated carbocycles. The van der Waals surface area contributed by atoms with Crippen molar-refractivity contribution in [3.05, 3.63) is 64.2 Å². The molecule has 0 saturated heterocycles. The number of aliphatic hydroxyl groups is 1. The molecule has 2 nitrogen and oxygen atoms in total. The van der Waals surface area contributed by atoms with Crippen molar-refractivity contribution in [2.75, 3.05) is 7.11 Å². The van der Waals surface area contributed by atoms with Crippen LogP contribution in [-0.4, -0.2) is 12.2 Å². The van der Waals surface area contributed by atoms with Crippen molar-refractivity contribution in [2.24, 2.45) is 0 Å². The summed E-state index contributed by atoms with van der Waals surface area (Å²) in [6, 6.07) is 12.5. The van der Waals surface area contributed by atoms with Crippen LogP contribution in [-0.2, 0) is 18.4 Å². The van der Waals surface area contributed by atoms with Crippen LogP contribution in [0, 0.1) is 13.8 Å². The maximum atomic E-state index is 11.2. The Morgan fingerprint density at radius 2 is 1.71 bits per heavy atom. The zero-order valence-electron chi connectivity index (χ0n) is 12.9. The van der Waals surface area contributed by atoms with Gasteiger partial charge in [0, 0.05) is 6.42 Å². The third kappa shape index (κ3) is 2.68. The molecule has 2 heteroatoms. The van der Waals surface area contributed by atoms with E-state index >= 15 is 0 Å². The molecule has 1 aliphatic carbocycles. The molecule has 1 unspecified atom stereocenters. The van der Waals surface area contributed by atoms with Gasteiger partial charge < -0.3 is 9.84 Å². The highest BCUT2D eigenvalue weighted by molar-refractivity contribution is 5.42. The zero-order chi connectivity index (χ0) is 15.0. The largest absolute Gasteiger partial charge is 0.497 e. The van der Waals surface area contributed by atoms with Crippen LogP contribution in [0.1, 0.15) is 34.2 Å². The fraction of sp³-hybridized carbons (Fsp3) is 0.368. The van der Waals surface area contributed by atoms with E-state index in [4.69, 9.17) is 4.74 Å². The maximum Gasteiger partial charge on any atom is 0.119 e. The molecule has 0 aliphatic heterocycles. The summed E-state index contributed by atoms with van der Waals surface area (Å²) in [5.74, 6) is 0.860. The Kier molecular flexibility index (Phi) is 3.50. The Balaban J connectivity index is 1.99. The molecule has 21 heavy (non-hydrogen) atoms. The predicted molar refractivity (Wildman–Crippen MR) is 84.8 cm³/mol. The van der Waals surface area contributed by atoms with Gasteiger partial charge in [-0.1, -0.05) is 35.4 Å². The number of aryl methyl sites for hydroxylation is 3. The summed E-state index contributed by atoms with van der Waals surface area (Å²) in [4.78, 5) is 0. The van der Waals surface area contributed by atoms with Crippen molar-refractivity contribution in [1.29, 1.82) is 0 Å². The molecule has 0 spiro atoms. The van der Waals surface area contributed by atoms with Gasteiger partial charge in [-0.05, 0) is 55.5 Å². The number of hydrogen-bond acceptors (Lipinski definition) is 2. The van der Waals surface area contributed by atoms with Crippen LogP contribution in [0.3, 0.4) is 0 Å². The van der Waals surface area contributed by atoms with Gasteiger partial charge in [-0.15, -0.1) is 0 Å². The first-order chi connectivity index (χ1) is 10.00. The predicted octanol–water partition coefficient (Wildman–Crippen LogP) is 3.69. The van der Waals surface area contributed by atoms with Crippen LogP contribution in [0.5, 0.6) is 5.75 Å². The second-order valence-electron chi connectivity index (χ2n) is 6.22. The van der Waals surface area contributed by atoms with Gasteiger partial charge in [0.2, 0.25) is 0 Å². The molecule has 0 amide bonds. The number of methoxy groups -OCH3 is 1. The summed E-state index contributed by atoms with van der Waals surface area (Å²) in [6.07, 6.45) is 2.33. The van der Waals surface area contributed by atoms with Gasteiger partial charge in [0.15, 0.2) is 0 Å². The molecule has 0 radical (unpaired) electrons. The molecular formula is C19H22O2. The standard InChI is InChI=1S/C19H22O2/c1-13-8-14(2)10-17(9-13)19(20)7-6-15-4-5-18(21-3)11-16(15)12-19/h4-5,8-11,20H,6-7,12H2,1-3H3. The van der Waals surface area contributed by atoms with Gasteiger partial charge in [-0.3, -0.25) is 0 Å². The van der Waals surface area contributed by atoms with Gasteiger partial charge >= 0.3 is 0 Å². The molecule has 2 aromatic rings. The molecule has 1 aliphatic rings. The second kappa shape index (κ2) is 5.19. The van der Waals surface area contributed by atoms with E-state index in [-0.39, 0.29) is 0 Å². The summed E-state index contributed by atoms with van der Waals surface area (Å²) >= 11 is 0. The van der Waals surface area contributed by atoms with E-state index in [2.05, 4.69) is 44.2 Å². The summed E-state index contributed by atoms with van der Waals surface area (Å²) < 4.78 is 5.31. The monoisotopic (exact) mass is 282 g/mol. The van der Waals surface area contributed by atoms with E-state index in [0.717, 1.165) is 24.2 Å². The van der Waals surface area contributed by atoms with Crippen LogP contribution in [0.15, 0.2) is 36.4 Å². The topological polar surface area (TPSA) is 29.5 Å². The maximum absolute atomic E-state index is 11.2. The van der Waals surface area contributed by atoms with E-state index in [1.807, 2.05) is 6.07 Å². The van der Waals surface area contributed by atoms with Crippen LogP contribution in [0.2, 0.25) is 0 Å². The number of rotatable bonds is 2. The van der Waals surface area contributed by atoms with Crippen molar-refractivity contribution >= 4 is 0 Å². The number of ether oxygens (including phenoxy) is 1. The molecule has 3 rings (SSSR count). The summed E-state index contributed by atoms with van der Waals surface area (Å²) in [6.45, 7) is 4.17. The van der Waals surface area contributed by atoms with Crippen molar-refractivity contribution < 1.29 is 9.84 Å². The highest BCUT2D eigenvalue weighted by Gasteiger charge is 2.34. The Hall–Kier alpha value is -1.80. The van der Waals surface area contributed by atoms with Crippen LogP contribution >= 0.6 is 0 Å². The van der Waals surface area contributed by atoms with E-state index in [1.54, 1.807) is 7.11 Å². The minimum atomic E-state index is -0.768. The lowest BCUT2D eigenvalue weighted by Crippen LogP contribution is -2.33. The fourth-order valence-electron chi connectivity index (χ4n) is 3.37. The van der Waals surface area contributed by atoms with Gasteiger partial charge in [0.05, 0.1) is 12.7 Å². The highest BCUT2D eigenvalue weighted by atomic mass is 16.5. The number of hydrogen-bond donors (Lipinski definition) is 1. The molecule has 2 aromatic carbocycles. The molecule has 0 heterocycles. The minimum Gasteiger partial charge on any atom is -0.497 e. The third-order valence-electron chi connectivity index (χ3n) is 4.46. The van der Waals surface area contributed by atoms with E-state index in [1.165, 1.54) is 22.3 Å². The SMILES string of the molecule is COc1ccc2c(c1)CC(O)(c1cc(C)cc(C)c1)CC2. The van der Waals surface area contributed by atoms with Gasteiger partial charge in [0.25, 0.3) is 0 Å². The lowest BCUT2D eigenvalue weighted by molar-refractivity contribution is 0.0221. The highest BCUT2D eigenvalue weighted by Crippen LogP contribution is 2.38. The average molecular weight is 282 g/mol. The van der Waals surface area contributed by atoms with Crippen LogP contribution in [0.4, 0.5) is 0 Å². The van der Waals surface area contributed by atoms with E-state index in [9.17, 15) is 5.11 Å². The van der Waals surface area contributed by atoms with Crippen LogP contribution in [0.25, 0.3) is 0 Å². The number of benzene rings is 2. The normalized spacial score (nSPS) is 21.0. The molecular weight excluding hydrogens is 260 g/mol. The lowest BCUT2D eigenvalue weighted by Gasteiger charge is -2.34. The second-order valence-corrected chi connectivity index (χ2v) is 6.22. The van der Waals surface area contributed by atoms with Crippen LogP contribution < -0.4 is 4.74 Å². The first kappa shape index (κ1) is 14.2. The van der Waals surface area contributed by atoms with Gasteiger partial charge in [-0.25, -0.2) is 0 Å². The Morgan fingerprint density at radius 1 is 1.00 bits per heavy atom. The average Bonchev–Trinajstić information content (AvgIpc) is 2.45. The van der Waals surface area contributed by atoms with E-state index < -0.39 is 5.60 Å². The molecule has 110 valence electrons. The molecule has 1 atom stereocenters. The van der Waals surface area contributed by atoms with Crippen molar-refractivity contribution in [2.45, 2.75) is 38.7 Å². The lowest BCUT2D eigenvalue weighted by atomic mass is 9.76. The Bertz CT molecular complexity index is 655. The van der Waals surface area contributed by atoms with Crippen molar-refractivity contribution in [3.8, 4) is 5.75 Å². The third-order valence-corrected chi connectivity index (χ3v) is 4.46. The van der Waals surface area contributed by atoms with Gasteiger partial charge in [0.1, 0.15) is 5.75 Å². The Morgan fingerprint density at radius 3 is 2.38 bits per heavy atom. The number of fused-ring (bicyclic) bond motifs is 1. The molecule has 0 fully saturated rings. The molecule has 0 aromatic heterocycles. The quantitative estimate of drug-likeness (QED) is 0.910. The smallest absolute Gasteiger partial charge is 0.119 e. The summed E-state index contributed by atoms with van der Waals surface area (Å²) in [5.41, 5.74) is 5.20. The Labute approximate surface area is 126 Å². The summed E-state index contributed by atoms with van der Waals surface area (Å²) in [5, 5.41) is 11.2.